The third-order valence-electron chi connectivity index (χ3n) is 6.33. The van der Waals surface area contributed by atoms with Crippen molar-refractivity contribution in [2.45, 2.75) is 31.1 Å². The number of amides is 2. The van der Waals surface area contributed by atoms with Crippen LogP contribution in [-0.2, 0) is 20.1 Å². The molecule has 180 valence electrons. The molecule has 0 radical (unpaired) electrons. The molecule has 0 bridgehead atoms. The summed E-state index contributed by atoms with van der Waals surface area (Å²) in [6.45, 7) is 2.68. The lowest BCUT2D eigenvalue weighted by Crippen LogP contribution is -2.36. The predicted molar refractivity (Wildman–Crippen MR) is 137 cm³/mol. The lowest BCUT2D eigenvalue weighted by Gasteiger charge is -2.24. The van der Waals surface area contributed by atoms with Crippen LogP contribution in [0.5, 0.6) is 0 Å². The first kappa shape index (κ1) is 23.2. The second-order valence-electron chi connectivity index (χ2n) is 8.75. The van der Waals surface area contributed by atoms with E-state index in [0.29, 0.717) is 11.1 Å². The third-order valence-corrected chi connectivity index (χ3v) is 7.48. The van der Waals surface area contributed by atoms with Crippen LogP contribution in [0.25, 0.3) is 10.8 Å². The molecule has 2 aromatic heterocycles. The van der Waals surface area contributed by atoms with E-state index in [4.69, 9.17) is 0 Å². The smallest absolute Gasteiger partial charge is 0.261 e. The second kappa shape index (κ2) is 9.95. The van der Waals surface area contributed by atoms with E-state index in [-0.39, 0.29) is 11.8 Å². The third kappa shape index (κ3) is 4.68. The minimum atomic E-state index is -0.249. The zero-order valence-corrected chi connectivity index (χ0v) is 20.8. The second-order valence-corrected chi connectivity index (χ2v) is 9.81. The Morgan fingerprint density at radius 2 is 1.86 bits per heavy atom. The molecule has 1 aliphatic rings. The topological polar surface area (TPSA) is 76.0 Å². The number of anilines is 1. The molecule has 2 amide bonds. The Balaban J connectivity index is 1.13. The number of thioether (sulfide) groups is 1. The number of imide groups is 1. The fourth-order valence-electron chi connectivity index (χ4n) is 4.46. The van der Waals surface area contributed by atoms with Gasteiger partial charge in [-0.15, -0.1) is 0 Å². The van der Waals surface area contributed by atoms with Gasteiger partial charge in [0.25, 0.3) is 11.8 Å². The lowest BCUT2D eigenvalue weighted by molar-refractivity contribution is -0.696. The van der Waals surface area contributed by atoms with E-state index in [1.807, 2.05) is 48.3 Å². The van der Waals surface area contributed by atoms with Crippen LogP contribution in [-0.4, -0.2) is 50.2 Å². The quantitative estimate of drug-likeness (QED) is 0.160. The number of aromatic nitrogens is 4. The van der Waals surface area contributed by atoms with E-state index in [9.17, 15) is 9.59 Å². The van der Waals surface area contributed by atoms with Crippen LogP contribution in [0.2, 0.25) is 0 Å². The SMILES string of the molecule is CN1C(=O)c2cccc3c(NCCCn4cc[n+](CCCSc5nccn5C)c4)ccc(c23)C1=O. The molecule has 1 N–H and O–H groups in total. The number of hydrogen-bond donors (Lipinski definition) is 1. The van der Waals surface area contributed by atoms with Crippen LogP contribution in [0.15, 0.2) is 66.6 Å². The van der Waals surface area contributed by atoms with Gasteiger partial charge in [0.2, 0.25) is 6.33 Å². The molecule has 2 aromatic carbocycles. The number of carbonyl (C=O) groups excluding carboxylic acids is 2. The zero-order valence-electron chi connectivity index (χ0n) is 20.0. The summed E-state index contributed by atoms with van der Waals surface area (Å²) in [7, 11) is 3.55. The number of benzene rings is 2. The highest BCUT2D eigenvalue weighted by molar-refractivity contribution is 7.99. The molecule has 0 aliphatic carbocycles. The Kier molecular flexibility index (Phi) is 6.59. The molecule has 3 heterocycles. The summed E-state index contributed by atoms with van der Waals surface area (Å²) in [5.74, 6) is 0.539. The Morgan fingerprint density at radius 1 is 1.03 bits per heavy atom. The van der Waals surface area contributed by atoms with Gasteiger partial charge in [0.1, 0.15) is 12.4 Å². The van der Waals surface area contributed by atoms with E-state index in [0.717, 1.165) is 59.8 Å². The monoisotopic (exact) mass is 489 g/mol. The van der Waals surface area contributed by atoms with Gasteiger partial charge in [-0.2, -0.15) is 0 Å². The number of nitrogens with one attached hydrogen (secondary N) is 1. The van der Waals surface area contributed by atoms with E-state index in [1.165, 1.54) is 11.9 Å². The molecule has 0 unspecified atom stereocenters. The fraction of sp³-hybridized carbons (Fsp3) is 0.308. The Labute approximate surface area is 208 Å². The first-order chi connectivity index (χ1) is 17.0. The van der Waals surface area contributed by atoms with Crippen molar-refractivity contribution in [3.05, 3.63) is 72.6 Å². The van der Waals surface area contributed by atoms with Crippen LogP contribution in [0, 0.1) is 0 Å². The van der Waals surface area contributed by atoms with Gasteiger partial charge in [0, 0.05) is 72.8 Å². The Hall–Kier alpha value is -3.59. The molecule has 5 rings (SSSR count). The number of hydrogen-bond acceptors (Lipinski definition) is 5. The van der Waals surface area contributed by atoms with Crippen molar-refractivity contribution in [1.82, 2.24) is 19.0 Å². The molecule has 8 nitrogen and oxygen atoms in total. The van der Waals surface area contributed by atoms with Gasteiger partial charge in [-0.25, -0.2) is 14.1 Å². The van der Waals surface area contributed by atoms with Gasteiger partial charge in [-0.05, 0) is 24.6 Å². The molecular formula is C26H29N6O2S+. The number of aryl methyl sites for hydroxylation is 3. The van der Waals surface area contributed by atoms with Gasteiger partial charge in [0.15, 0.2) is 5.16 Å². The van der Waals surface area contributed by atoms with Gasteiger partial charge < -0.3 is 9.88 Å². The predicted octanol–water partition coefficient (Wildman–Crippen LogP) is 3.57. The highest BCUT2D eigenvalue weighted by Crippen LogP contribution is 2.33. The lowest BCUT2D eigenvalue weighted by atomic mass is 9.93. The minimum absolute atomic E-state index is 0.249. The summed E-state index contributed by atoms with van der Waals surface area (Å²) in [5, 5.41) is 6.22. The Bertz CT molecular complexity index is 1370. The van der Waals surface area contributed by atoms with Crippen LogP contribution in [0.1, 0.15) is 33.6 Å². The van der Waals surface area contributed by atoms with Crippen molar-refractivity contribution < 1.29 is 14.2 Å². The summed E-state index contributed by atoms with van der Waals surface area (Å²) in [6, 6.07) is 9.40. The van der Waals surface area contributed by atoms with Gasteiger partial charge in [-0.1, -0.05) is 23.9 Å². The number of rotatable bonds is 10. The highest BCUT2D eigenvalue weighted by atomic mass is 32.2. The molecule has 0 fully saturated rings. The van der Waals surface area contributed by atoms with Crippen molar-refractivity contribution in [2.75, 3.05) is 24.7 Å². The first-order valence-corrected chi connectivity index (χ1v) is 12.8. The zero-order chi connectivity index (χ0) is 24.4. The fourth-order valence-corrected chi connectivity index (χ4v) is 5.32. The molecule has 0 saturated heterocycles. The first-order valence-electron chi connectivity index (χ1n) is 11.8. The molecule has 4 aromatic rings. The summed E-state index contributed by atoms with van der Waals surface area (Å²) in [6.07, 6.45) is 12.2. The van der Waals surface area contributed by atoms with E-state index in [2.05, 4.69) is 38.2 Å². The van der Waals surface area contributed by atoms with Crippen LogP contribution >= 0.6 is 11.8 Å². The summed E-state index contributed by atoms with van der Waals surface area (Å²) in [5.41, 5.74) is 2.11. The standard InChI is InChI=1S/C26H28N6O2S/c1-29-14-11-28-26(29)35-17-5-13-32-16-15-31(18-32)12-4-10-27-22-9-8-21-23-19(22)6-3-7-20(23)24(33)30(2)25(21)34/h3,6-9,11,14-16,18H,4-5,10,12-13,17H2,1-2H3/p+1. The highest BCUT2D eigenvalue weighted by Gasteiger charge is 2.30. The average Bonchev–Trinajstić information content (AvgIpc) is 3.50. The van der Waals surface area contributed by atoms with Gasteiger partial charge in [-0.3, -0.25) is 14.5 Å². The number of carbonyl (C=O) groups is 2. The van der Waals surface area contributed by atoms with Crippen LogP contribution in [0.3, 0.4) is 0 Å². The van der Waals surface area contributed by atoms with Gasteiger partial charge >= 0.3 is 0 Å². The van der Waals surface area contributed by atoms with Crippen LogP contribution in [0.4, 0.5) is 5.69 Å². The largest absolute Gasteiger partial charge is 0.384 e. The molecule has 35 heavy (non-hydrogen) atoms. The molecule has 0 atom stereocenters. The number of nitrogens with zero attached hydrogens (tertiary/aromatic N) is 5. The molecular weight excluding hydrogens is 460 g/mol. The van der Waals surface area contributed by atoms with Crippen molar-refractivity contribution in [3.8, 4) is 0 Å². The van der Waals surface area contributed by atoms with Gasteiger partial charge in [0.05, 0.1) is 13.1 Å². The van der Waals surface area contributed by atoms with Crippen molar-refractivity contribution in [2.24, 2.45) is 7.05 Å². The van der Waals surface area contributed by atoms with Crippen molar-refractivity contribution >= 4 is 40.0 Å². The molecule has 9 heteroatoms. The Morgan fingerprint density at radius 3 is 2.66 bits per heavy atom. The van der Waals surface area contributed by atoms with Crippen LogP contribution < -0.4 is 9.88 Å². The average molecular weight is 490 g/mol. The number of imidazole rings is 2. The van der Waals surface area contributed by atoms with Crippen molar-refractivity contribution in [3.63, 3.8) is 0 Å². The summed E-state index contributed by atoms with van der Waals surface area (Å²) >= 11 is 1.79. The van der Waals surface area contributed by atoms with E-state index < -0.39 is 0 Å². The minimum Gasteiger partial charge on any atom is -0.384 e. The molecule has 0 spiro atoms. The van der Waals surface area contributed by atoms with Crippen molar-refractivity contribution in [1.29, 1.82) is 0 Å². The maximum Gasteiger partial charge on any atom is 0.261 e. The molecule has 0 saturated carbocycles. The normalized spacial score (nSPS) is 13.1. The molecule has 1 aliphatic heterocycles. The maximum atomic E-state index is 12.6. The maximum absolute atomic E-state index is 12.6. The summed E-state index contributed by atoms with van der Waals surface area (Å²) < 4.78 is 6.48. The van der Waals surface area contributed by atoms with E-state index in [1.54, 1.807) is 17.8 Å². The van der Waals surface area contributed by atoms with E-state index >= 15 is 0 Å². The summed E-state index contributed by atoms with van der Waals surface area (Å²) in [4.78, 5) is 30.7.